The number of nitrogens with one attached hydrogen (secondary N) is 2. The van der Waals surface area contributed by atoms with Crippen LogP contribution < -0.4 is 15.5 Å². The van der Waals surface area contributed by atoms with Gasteiger partial charge in [-0.25, -0.2) is 0 Å². The van der Waals surface area contributed by atoms with Gasteiger partial charge in [-0.1, -0.05) is 26.0 Å². The Morgan fingerprint density at radius 2 is 1.89 bits per heavy atom. The molecule has 0 saturated carbocycles. The molecule has 0 unspecified atom stereocenters. The number of benzene rings is 1. The molecule has 0 atom stereocenters. The fraction of sp³-hybridized carbons (Fsp3) is 0.600. The van der Waals surface area contributed by atoms with Crippen LogP contribution in [0.25, 0.3) is 0 Å². The Morgan fingerprint density at radius 3 is 2.41 bits per heavy atom. The molecular formula is C20H32IN5O. The van der Waals surface area contributed by atoms with E-state index in [1.54, 1.807) is 0 Å². The number of hydrogen-bond acceptors (Lipinski definition) is 3. The van der Waals surface area contributed by atoms with E-state index in [9.17, 15) is 4.79 Å². The van der Waals surface area contributed by atoms with Crippen molar-refractivity contribution in [3.8, 4) is 0 Å². The topological polar surface area (TPSA) is 60.0 Å². The highest BCUT2D eigenvalue weighted by Gasteiger charge is 2.53. The summed E-state index contributed by atoms with van der Waals surface area (Å²) in [6.45, 7) is 12.9. The number of halogens is 1. The number of likely N-dealkylation sites (tertiary alicyclic amines) is 1. The van der Waals surface area contributed by atoms with Crippen LogP contribution in [0.5, 0.6) is 0 Å². The lowest BCUT2D eigenvalue weighted by Gasteiger charge is -2.62. The second-order valence-corrected chi connectivity index (χ2v) is 8.37. The zero-order valence-corrected chi connectivity index (χ0v) is 19.3. The Bertz CT molecular complexity index is 699. The van der Waals surface area contributed by atoms with E-state index in [-0.39, 0.29) is 40.8 Å². The average Bonchev–Trinajstić information content (AvgIpc) is 2.61. The molecule has 2 saturated heterocycles. The summed E-state index contributed by atoms with van der Waals surface area (Å²) >= 11 is 0. The van der Waals surface area contributed by atoms with E-state index in [0.29, 0.717) is 13.1 Å². The summed E-state index contributed by atoms with van der Waals surface area (Å²) in [6.07, 6.45) is 0. The molecule has 2 heterocycles. The van der Waals surface area contributed by atoms with Crippen molar-refractivity contribution in [1.29, 1.82) is 0 Å². The van der Waals surface area contributed by atoms with Crippen LogP contribution in [0.4, 0.5) is 5.69 Å². The molecule has 1 amide bonds. The molecule has 2 fully saturated rings. The predicted molar refractivity (Wildman–Crippen MR) is 122 cm³/mol. The van der Waals surface area contributed by atoms with E-state index in [4.69, 9.17) is 0 Å². The smallest absolute Gasteiger partial charge is 0.239 e. The third kappa shape index (κ3) is 4.33. The summed E-state index contributed by atoms with van der Waals surface area (Å²) in [5.74, 6) is 1.04. The van der Waals surface area contributed by atoms with Gasteiger partial charge in [-0.15, -0.1) is 24.0 Å². The van der Waals surface area contributed by atoms with Crippen molar-refractivity contribution in [1.82, 2.24) is 15.5 Å². The van der Waals surface area contributed by atoms with E-state index in [0.717, 1.165) is 31.3 Å². The van der Waals surface area contributed by atoms with Crippen molar-refractivity contribution < 1.29 is 4.79 Å². The molecule has 150 valence electrons. The number of carbonyl (C=O) groups is 1. The highest BCUT2D eigenvalue weighted by Crippen LogP contribution is 2.46. The maximum atomic E-state index is 11.5. The number of anilines is 1. The molecule has 2 N–H and O–H groups in total. The number of carbonyl (C=O) groups excluding carboxylic acids is 1. The second kappa shape index (κ2) is 8.24. The van der Waals surface area contributed by atoms with E-state index in [2.05, 4.69) is 77.4 Å². The van der Waals surface area contributed by atoms with Gasteiger partial charge in [0.2, 0.25) is 5.91 Å². The molecule has 0 bridgehead atoms. The molecule has 0 aromatic heterocycles. The summed E-state index contributed by atoms with van der Waals surface area (Å²) in [6, 6.07) is 8.42. The van der Waals surface area contributed by atoms with Crippen LogP contribution in [0.15, 0.2) is 29.3 Å². The minimum atomic E-state index is 0. The number of guanidine groups is 1. The number of hydrogen-bond donors (Lipinski definition) is 2. The largest absolute Gasteiger partial charge is 0.360 e. The standard InChI is InChI=1S/C20H31N5O.HI/c1-19(2)14-25(20(19,3)4)18(21-5)23-12-15-6-8-16(9-7-15)24-11-10-22-17(26)13-24;/h6-9H,10-14H2,1-5H3,(H,21,23)(H,22,26);1H. The van der Waals surface area contributed by atoms with Crippen LogP contribution in [0, 0.1) is 5.41 Å². The molecule has 0 aliphatic carbocycles. The molecule has 6 nitrogen and oxygen atoms in total. The third-order valence-electron chi connectivity index (χ3n) is 6.14. The molecule has 2 aliphatic heterocycles. The first kappa shape index (κ1) is 21.8. The van der Waals surface area contributed by atoms with Crippen LogP contribution in [0.1, 0.15) is 33.3 Å². The number of rotatable bonds is 3. The molecule has 3 rings (SSSR count). The number of piperazine rings is 1. The van der Waals surface area contributed by atoms with Crippen LogP contribution in [0.2, 0.25) is 0 Å². The first-order valence-corrected chi connectivity index (χ1v) is 9.33. The van der Waals surface area contributed by atoms with Crippen molar-refractivity contribution in [2.45, 2.75) is 39.8 Å². The van der Waals surface area contributed by atoms with Crippen molar-refractivity contribution in [3.05, 3.63) is 29.8 Å². The Morgan fingerprint density at radius 1 is 1.22 bits per heavy atom. The lowest BCUT2D eigenvalue weighted by molar-refractivity contribution is -0.120. The SMILES string of the molecule is CN=C(NCc1ccc(N2CCNC(=O)C2)cc1)N1CC(C)(C)C1(C)C.I. The van der Waals surface area contributed by atoms with Crippen molar-refractivity contribution in [2.24, 2.45) is 10.4 Å². The molecule has 27 heavy (non-hydrogen) atoms. The number of aliphatic imine (C=N–C) groups is 1. The van der Waals surface area contributed by atoms with E-state index < -0.39 is 0 Å². The maximum absolute atomic E-state index is 11.5. The Hall–Kier alpha value is -1.51. The zero-order valence-electron chi connectivity index (χ0n) is 17.0. The molecule has 1 aromatic rings. The average molecular weight is 485 g/mol. The van der Waals surface area contributed by atoms with Crippen LogP contribution >= 0.6 is 24.0 Å². The second-order valence-electron chi connectivity index (χ2n) is 8.37. The normalized spacial score (nSPS) is 21.1. The molecular weight excluding hydrogens is 453 g/mol. The quantitative estimate of drug-likeness (QED) is 0.393. The fourth-order valence-corrected chi connectivity index (χ4v) is 3.56. The lowest BCUT2D eigenvalue weighted by atomic mass is 9.65. The van der Waals surface area contributed by atoms with Gasteiger partial charge in [-0.2, -0.15) is 0 Å². The fourth-order valence-electron chi connectivity index (χ4n) is 3.56. The predicted octanol–water partition coefficient (Wildman–Crippen LogP) is 2.44. The maximum Gasteiger partial charge on any atom is 0.239 e. The van der Waals surface area contributed by atoms with Gasteiger partial charge in [0.25, 0.3) is 0 Å². The Labute approximate surface area is 179 Å². The first-order chi connectivity index (χ1) is 12.2. The first-order valence-electron chi connectivity index (χ1n) is 9.33. The van der Waals surface area contributed by atoms with Crippen molar-refractivity contribution in [2.75, 3.05) is 38.1 Å². The molecule has 1 aromatic carbocycles. The van der Waals surface area contributed by atoms with Gasteiger partial charge in [0.15, 0.2) is 5.96 Å². The number of amides is 1. The van der Waals surface area contributed by atoms with Gasteiger partial charge in [0.1, 0.15) is 0 Å². The third-order valence-corrected chi connectivity index (χ3v) is 6.14. The van der Waals surface area contributed by atoms with Crippen LogP contribution in [0.3, 0.4) is 0 Å². The summed E-state index contributed by atoms with van der Waals surface area (Å²) in [5, 5.41) is 6.34. The van der Waals surface area contributed by atoms with Crippen LogP contribution in [-0.4, -0.2) is 55.5 Å². The minimum absolute atomic E-state index is 0. The van der Waals surface area contributed by atoms with Gasteiger partial charge in [-0.3, -0.25) is 9.79 Å². The van der Waals surface area contributed by atoms with Gasteiger partial charge in [0, 0.05) is 49.9 Å². The molecule has 0 spiro atoms. The lowest BCUT2D eigenvalue weighted by Crippen LogP contribution is -2.72. The van der Waals surface area contributed by atoms with Crippen LogP contribution in [-0.2, 0) is 11.3 Å². The minimum Gasteiger partial charge on any atom is -0.360 e. The van der Waals surface area contributed by atoms with Gasteiger partial charge in [-0.05, 0) is 31.5 Å². The Kier molecular flexibility index (Phi) is 6.65. The molecule has 7 heteroatoms. The summed E-state index contributed by atoms with van der Waals surface area (Å²) in [5.41, 5.74) is 2.67. The Balaban J connectivity index is 0.00000261. The van der Waals surface area contributed by atoms with E-state index in [1.165, 1.54) is 5.56 Å². The van der Waals surface area contributed by atoms with Gasteiger partial charge in [0.05, 0.1) is 6.54 Å². The van der Waals surface area contributed by atoms with Crippen molar-refractivity contribution in [3.63, 3.8) is 0 Å². The summed E-state index contributed by atoms with van der Waals surface area (Å²) < 4.78 is 0. The zero-order chi connectivity index (χ0) is 18.9. The van der Waals surface area contributed by atoms with Gasteiger partial charge >= 0.3 is 0 Å². The number of nitrogens with zero attached hydrogens (tertiary/aromatic N) is 3. The highest BCUT2D eigenvalue weighted by molar-refractivity contribution is 14.0. The monoisotopic (exact) mass is 485 g/mol. The summed E-state index contributed by atoms with van der Waals surface area (Å²) in [4.78, 5) is 20.5. The van der Waals surface area contributed by atoms with E-state index in [1.807, 2.05) is 7.05 Å². The molecule has 0 radical (unpaired) electrons. The van der Waals surface area contributed by atoms with E-state index >= 15 is 0 Å². The summed E-state index contributed by atoms with van der Waals surface area (Å²) in [7, 11) is 1.84. The van der Waals surface area contributed by atoms with Crippen molar-refractivity contribution >= 4 is 41.5 Å². The highest BCUT2D eigenvalue weighted by atomic mass is 127. The van der Waals surface area contributed by atoms with Gasteiger partial charge < -0.3 is 20.4 Å². The molecule has 2 aliphatic rings.